The summed E-state index contributed by atoms with van der Waals surface area (Å²) in [6.07, 6.45) is 5.42. The van der Waals surface area contributed by atoms with E-state index >= 15 is 0 Å². The lowest BCUT2D eigenvalue weighted by Gasteiger charge is -2.25. The molecular weight excluding hydrogens is 357 g/mol. The fraction of sp³-hybridized carbons (Fsp3) is 0.476. The maximum atomic E-state index is 13.4. The molecule has 3 aromatic heterocycles. The molecule has 1 fully saturated rings. The summed E-state index contributed by atoms with van der Waals surface area (Å²) in [5.41, 5.74) is 2.39. The third-order valence-corrected chi connectivity index (χ3v) is 5.35. The normalized spacial score (nSPS) is 18.2. The van der Waals surface area contributed by atoms with Gasteiger partial charge in [0.15, 0.2) is 0 Å². The van der Waals surface area contributed by atoms with Crippen LogP contribution < -0.4 is 5.56 Å². The molecule has 1 unspecified atom stereocenters. The molecule has 6 nitrogen and oxygen atoms in total. The lowest BCUT2D eigenvalue weighted by atomic mass is 9.92. The number of hydrogen-bond donors (Lipinski definition) is 0. The zero-order valence-electron chi connectivity index (χ0n) is 16.6. The van der Waals surface area contributed by atoms with Crippen molar-refractivity contribution in [3.05, 3.63) is 64.2 Å². The van der Waals surface area contributed by atoms with E-state index in [1.54, 1.807) is 21.2 Å². The van der Waals surface area contributed by atoms with Gasteiger partial charge in [0.2, 0.25) is 0 Å². The van der Waals surface area contributed by atoms with Crippen LogP contribution in [0.5, 0.6) is 0 Å². The number of halogens is 1. The van der Waals surface area contributed by atoms with E-state index in [0.717, 1.165) is 36.4 Å². The zero-order chi connectivity index (χ0) is 19.9. The summed E-state index contributed by atoms with van der Waals surface area (Å²) in [5, 5.41) is 4.61. The first kappa shape index (κ1) is 18.8. The molecule has 28 heavy (non-hydrogen) atoms. The number of fused-ring (bicyclic) bond motifs is 1. The van der Waals surface area contributed by atoms with Crippen molar-refractivity contribution in [2.45, 2.75) is 58.2 Å². The molecule has 4 rings (SSSR count). The Kier molecular flexibility index (Phi) is 4.79. The number of likely N-dealkylation sites (tertiary alicyclic amines) is 1. The summed E-state index contributed by atoms with van der Waals surface area (Å²) in [7, 11) is 0. The highest BCUT2D eigenvalue weighted by atomic mass is 19.1. The molecule has 1 atom stereocenters. The Labute approximate surface area is 163 Å². The van der Waals surface area contributed by atoms with Crippen LogP contribution in [-0.2, 0) is 18.5 Å². The Bertz CT molecular complexity index is 1050. The average Bonchev–Trinajstić information content (AvgIpc) is 3.22. The molecule has 0 saturated carbocycles. The molecule has 1 saturated heterocycles. The lowest BCUT2D eigenvalue weighted by molar-refractivity contribution is 0.213. The van der Waals surface area contributed by atoms with Gasteiger partial charge in [-0.15, -0.1) is 0 Å². The van der Waals surface area contributed by atoms with E-state index in [2.05, 4.69) is 35.8 Å². The number of imidazole rings is 1. The molecule has 4 heterocycles. The highest BCUT2D eigenvalue weighted by molar-refractivity contribution is 5.39. The second-order valence-corrected chi connectivity index (χ2v) is 8.60. The van der Waals surface area contributed by atoms with Crippen LogP contribution in [0, 0.1) is 5.82 Å². The minimum atomic E-state index is -0.278. The first-order valence-corrected chi connectivity index (χ1v) is 9.75. The predicted molar refractivity (Wildman–Crippen MR) is 106 cm³/mol. The lowest BCUT2D eigenvalue weighted by Crippen LogP contribution is -2.37. The van der Waals surface area contributed by atoms with Gasteiger partial charge >= 0.3 is 0 Å². The summed E-state index contributed by atoms with van der Waals surface area (Å²) in [6.45, 7) is 8.50. The Morgan fingerprint density at radius 1 is 1.18 bits per heavy atom. The van der Waals surface area contributed by atoms with E-state index in [1.807, 2.05) is 12.3 Å². The van der Waals surface area contributed by atoms with Crippen LogP contribution in [0.1, 0.15) is 45.0 Å². The van der Waals surface area contributed by atoms with Gasteiger partial charge in [-0.3, -0.25) is 9.69 Å². The van der Waals surface area contributed by atoms with Crippen LogP contribution in [0.25, 0.3) is 5.65 Å². The SMILES string of the molecule is CC(C)(C)c1ccc(=O)n(CC2CCCN2Cc2cn3cc(F)ccc3n2)n1. The minimum absolute atomic E-state index is 0.0666. The Morgan fingerprint density at radius 2 is 2.00 bits per heavy atom. The number of rotatable bonds is 4. The standard InChI is InChI=1S/C21H26FN5O/c1-21(2,3)18-7-9-20(28)27(24-18)14-17-5-4-10-25(17)12-16-13-26-11-15(22)6-8-19(26)23-16/h6-9,11,13,17H,4-5,10,12,14H2,1-3H3. The van der Waals surface area contributed by atoms with Crippen LogP contribution in [0.15, 0.2) is 41.5 Å². The van der Waals surface area contributed by atoms with Crippen molar-refractivity contribution >= 4 is 5.65 Å². The topological polar surface area (TPSA) is 55.4 Å². The summed E-state index contributed by atoms with van der Waals surface area (Å²) in [4.78, 5) is 19.3. The maximum Gasteiger partial charge on any atom is 0.266 e. The molecule has 7 heteroatoms. The first-order chi connectivity index (χ1) is 13.3. The van der Waals surface area contributed by atoms with Crippen molar-refractivity contribution in [3.8, 4) is 0 Å². The van der Waals surface area contributed by atoms with Gasteiger partial charge in [0, 0.05) is 36.5 Å². The maximum absolute atomic E-state index is 13.4. The van der Waals surface area contributed by atoms with E-state index in [4.69, 9.17) is 0 Å². The number of hydrogen-bond acceptors (Lipinski definition) is 4. The van der Waals surface area contributed by atoms with E-state index in [-0.39, 0.29) is 22.8 Å². The number of pyridine rings is 1. The summed E-state index contributed by atoms with van der Waals surface area (Å²) < 4.78 is 16.7. The average molecular weight is 383 g/mol. The van der Waals surface area contributed by atoms with E-state index < -0.39 is 0 Å². The van der Waals surface area contributed by atoms with Gasteiger partial charge in [0.1, 0.15) is 11.5 Å². The molecule has 1 aliphatic rings. The largest absolute Gasteiger partial charge is 0.304 e. The molecule has 1 aliphatic heterocycles. The third kappa shape index (κ3) is 3.85. The van der Waals surface area contributed by atoms with Crippen molar-refractivity contribution in [2.24, 2.45) is 0 Å². The van der Waals surface area contributed by atoms with Gasteiger partial charge in [0.25, 0.3) is 5.56 Å². The molecule has 148 valence electrons. The van der Waals surface area contributed by atoms with Crippen molar-refractivity contribution in [1.29, 1.82) is 0 Å². The molecule has 0 aromatic carbocycles. The summed E-state index contributed by atoms with van der Waals surface area (Å²) >= 11 is 0. The van der Waals surface area contributed by atoms with E-state index in [1.165, 1.54) is 12.3 Å². The Balaban J connectivity index is 1.53. The fourth-order valence-electron chi connectivity index (χ4n) is 3.79. The molecule has 0 spiro atoms. The van der Waals surface area contributed by atoms with Crippen molar-refractivity contribution in [1.82, 2.24) is 24.1 Å². The number of nitrogens with zero attached hydrogens (tertiary/aromatic N) is 5. The summed E-state index contributed by atoms with van der Waals surface area (Å²) in [5.74, 6) is -0.278. The molecule has 0 aliphatic carbocycles. The van der Waals surface area contributed by atoms with Gasteiger partial charge in [-0.2, -0.15) is 5.10 Å². The van der Waals surface area contributed by atoms with Crippen molar-refractivity contribution in [2.75, 3.05) is 6.54 Å². The Morgan fingerprint density at radius 3 is 2.79 bits per heavy atom. The van der Waals surface area contributed by atoms with Crippen LogP contribution in [0.2, 0.25) is 0 Å². The van der Waals surface area contributed by atoms with Crippen LogP contribution >= 0.6 is 0 Å². The van der Waals surface area contributed by atoms with Crippen LogP contribution in [0.4, 0.5) is 4.39 Å². The van der Waals surface area contributed by atoms with Crippen LogP contribution in [0.3, 0.4) is 0 Å². The van der Waals surface area contributed by atoms with E-state index in [9.17, 15) is 9.18 Å². The molecule has 0 radical (unpaired) electrons. The summed E-state index contributed by atoms with van der Waals surface area (Å²) in [6, 6.07) is 6.78. The second kappa shape index (κ2) is 7.13. The van der Waals surface area contributed by atoms with Gasteiger partial charge in [-0.05, 0) is 37.6 Å². The third-order valence-electron chi connectivity index (χ3n) is 5.35. The first-order valence-electron chi connectivity index (χ1n) is 9.75. The quantitative estimate of drug-likeness (QED) is 0.695. The minimum Gasteiger partial charge on any atom is -0.304 e. The van der Waals surface area contributed by atoms with Crippen LogP contribution in [-0.4, -0.2) is 36.7 Å². The molecule has 0 amide bonds. The highest BCUT2D eigenvalue weighted by Crippen LogP contribution is 2.22. The molecule has 0 bridgehead atoms. The second-order valence-electron chi connectivity index (χ2n) is 8.60. The molecular formula is C21H26FN5O. The smallest absolute Gasteiger partial charge is 0.266 e. The Hall–Kier alpha value is -2.54. The fourth-order valence-corrected chi connectivity index (χ4v) is 3.79. The molecule has 0 N–H and O–H groups in total. The van der Waals surface area contributed by atoms with Gasteiger partial charge in [-0.1, -0.05) is 20.8 Å². The van der Waals surface area contributed by atoms with Gasteiger partial charge < -0.3 is 4.40 Å². The van der Waals surface area contributed by atoms with Crippen molar-refractivity contribution < 1.29 is 4.39 Å². The molecule has 3 aromatic rings. The monoisotopic (exact) mass is 383 g/mol. The van der Waals surface area contributed by atoms with Gasteiger partial charge in [0.05, 0.1) is 17.9 Å². The van der Waals surface area contributed by atoms with Gasteiger partial charge in [-0.25, -0.2) is 14.1 Å². The number of aromatic nitrogens is 4. The zero-order valence-corrected chi connectivity index (χ0v) is 16.6. The van der Waals surface area contributed by atoms with E-state index in [0.29, 0.717) is 13.1 Å². The highest BCUT2D eigenvalue weighted by Gasteiger charge is 2.27. The predicted octanol–water partition coefficient (Wildman–Crippen LogP) is 2.99. The van der Waals surface area contributed by atoms with Crippen molar-refractivity contribution in [3.63, 3.8) is 0 Å².